The monoisotopic (exact) mass is 462 g/mol. The van der Waals surface area contributed by atoms with Gasteiger partial charge in [-0.15, -0.1) is 0 Å². The number of fused-ring (bicyclic) bond motifs is 3. The lowest BCUT2D eigenvalue weighted by Crippen LogP contribution is -2.74. The zero-order valence-electron chi connectivity index (χ0n) is 17.6. The highest BCUT2D eigenvalue weighted by Crippen LogP contribution is 2.66. The Labute approximate surface area is 180 Å². The zero-order chi connectivity index (χ0) is 20.9. The third kappa shape index (κ3) is 2.31. The van der Waals surface area contributed by atoms with E-state index in [1.807, 2.05) is 6.07 Å². The maximum atomic E-state index is 12.3. The highest BCUT2D eigenvalue weighted by atomic mass is 79.9. The number of ether oxygens (including phenoxy) is 1. The third-order valence-corrected chi connectivity index (χ3v) is 9.75. The van der Waals surface area contributed by atoms with Gasteiger partial charge in [0, 0.05) is 51.5 Å². The van der Waals surface area contributed by atoms with Crippen molar-refractivity contribution in [2.24, 2.45) is 28.4 Å². The molecule has 1 amide bonds. The molecule has 6 heteroatoms. The van der Waals surface area contributed by atoms with Crippen molar-refractivity contribution >= 4 is 21.8 Å². The molecule has 1 aromatic carbocycles. The molecule has 1 aromatic rings. The van der Waals surface area contributed by atoms with Gasteiger partial charge in [-0.1, -0.05) is 43.6 Å². The number of hydrogen-bond acceptors (Lipinski definition) is 4. The molecular weight excluding hydrogens is 432 g/mol. The van der Waals surface area contributed by atoms with E-state index in [2.05, 4.69) is 48.9 Å². The van der Waals surface area contributed by atoms with Gasteiger partial charge in [-0.2, -0.15) is 0 Å². The van der Waals surface area contributed by atoms with Crippen molar-refractivity contribution < 1.29 is 14.6 Å². The van der Waals surface area contributed by atoms with E-state index < -0.39 is 11.7 Å². The smallest absolute Gasteiger partial charge is 0.252 e. The topological polar surface area (TPSA) is 84.6 Å². The highest BCUT2D eigenvalue weighted by molar-refractivity contribution is 9.10. The van der Waals surface area contributed by atoms with Crippen molar-refractivity contribution in [1.82, 2.24) is 5.32 Å². The lowest BCUT2D eigenvalue weighted by atomic mass is 9.43. The van der Waals surface area contributed by atoms with Gasteiger partial charge >= 0.3 is 0 Å². The molecule has 2 saturated carbocycles. The number of aliphatic hydroxyl groups is 1. The molecule has 5 rings (SSSR count). The average molecular weight is 463 g/mol. The third-order valence-electron chi connectivity index (χ3n) is 9.04. The van der Waals surface area contributed by atoms with Gasteiger partial charge in [0.15, 0.2) is 0 Å². The van der Waals surface area contributed by atoms with E-state index in [4.69, 9.17) is 10.5 Å². The Morgan fingerprint density at radius 1 is 1.28 bits per heavy atom. The Morgan fingerprint density at radius 3 is 2.72 bits per heavy atom. The van der Waals surface area contributed by atoms with E-state index in [-0.39, 0.29) is 28.7 Å². The van der Waals surface area contributed by atoms with Crippen LogP contribution in [0.25, 0.3) is 0 Å². The van der Waals surface area contributed by atoms with E-state index in [1.165, 1.54) is 5.56 Å². The van der Waals surface area contributed by atoms with Crippen LogP contribution >= 0.6 is 15.9 Å². The first-order chi connectivity index (χ1) is 13.5. The summed E-state index contributed by atoms with van der Waals surface area (Å²) in [6.45, 7) is 9.50. The maximum Gasteiger partial charge on any atom is 0.252 e. The second kappa shape index (κ2) is 5.98. The van der Waals surface area contributed by atoms with Crippen LogP contribution in [0.3, 0.4) is 0 Å². The van der Waals surface area contributed by atoms with Crippen LogP contribution in [0, 0.1) is 22.7 Å². The Morgan fingerprint density at radius 2 is 2.00 bits per heavy atom. The summed E-state index contributed by atoms with van der Waals surface area (Å²) in [5, 5.41) is 13.9. The lowest BCUT2D eigenvalue weighted by Gasteiger charge is -2.68. The lowest BCUT2D eigenvalue weighted by molar-refractivity contribution is -0.238. The minimum absolute atomic E-state index is 0.0393. The second-order valence-corrected chi connectivity index (χ2v) is 11.5. The summed E-state index contributed by atoms with van der Waals surface area (Å²) in [6.07, 6.45) is 3.13. The molecule has 0 unspecified atom stereocenters. The largest absolute Gasteiger partial charge is 0.486 e. The second-order valence-electron chi connectivity index (χ2n) is 10.6. The molecule has 2 aliphatic heterocycles. The number of hydrogen-bond donors (Lipinski definition) is 3. The van der Waals surface area contributed by atoms with Gasteiger partial charge in [-0.3, -0.25) is 4.79 Å². The SMILES string of the molecule is C[C@H]1CC[C@H]2C(C)(C)[C@@H](O)[C@H](N)C[C@]23Oc2c(c(Br)cc4c2CNC4=O)C[C@]13C. The predicted molar refractivity (Wildman–Crippen MR) is 115 cm³/mol. The van der Waals surface area contributed by atoms with E-state index >= 15 is 0 Å². The van der Waals surface area contributed by atoms with Crippen LogP contribution in [0.1, 0.15) is 68.4 Å². The van der Waals surface area contributed by atoms with Gasteiger partial charge in [-0.25, -0.2) is 0 Å². The average Bonchev–Trinajstić information content (AvgIpc) is 3.01. The molecular formula is C23H31BrN2O3. The number of carbonyl (C=O) groups is 1. The number of halogens is 1. The fourth-order valence-electron chi connectivity index (χ4n) is 7.10. The first kappa shape index (κ1) is 19.8. The van der Waals surface area contributed by atoms with Gasteiger partial charge < -0.3 is 20.9 Å². The molecule has 0 bridgehead atoms. The van der Waals surface area contributed by atoms with Crippen LogP contribution in [-0.2, 0) is 13.0 Å². The molecule has 1 spiro atoms. The number of aliphatic hydroxyl groups excluding tert-OH is 1. The Hall–Kier alpha value is -1.11. The van der Waals surface area contributed by atoms with Crippen LogP contribution in [0.2, 0.25) is 0 Å². The van der Waals surface area contributed by atoms with E-state index in [0.29, 0.717) is 24.4 Å². The summed E-state index contributed by atoms with van der Waals surface area (Å²) in [4.78, 5) is 12.3. The fourth-order valence-corrected chi connectivity index (χ4v) is 7.65. The van der Waals surface area contributed by atoms with Crippen molar-refractivity contribution in [1.29, 1.82) is 0 Å². The van der Waals surface area contributed by atoms with Crippen LogP contribution in [0.4, 0.5) is 0 Å². The summed E-state index contributed by atoms with van der Waals surface area (Å²) < 4.78 is 8.07. The standard InChI is InChI=1S/C23H31BrN2O3/c1-11-5-6-17-21(2,3)19(27)16(25)9-23(17)22(11,4)8-13-15(24)7-12-14(18(13)29-23)10-26-20(12)28/h7,11,16-17,19,27H,5-6,8-10,25H2,1-4H3,(H,26,28)/t11-,16+,17-,19-,22+,23-/m0/s1. The molecule has 29 heavy (non-hydrogen) atoms. The number of nitrogens with one attached hydrogen (secondary N) is 1. The summed E-state index contributed by atoms with van der Waals surface area (Å²) >= 11 is 3.73. The Bertz CT molecular complexity index is 916. The van der Waals surface area contributed by atoms with Gasteiger partial charge in [0.2, 0.25) is 0 Å². The highest BCUT2D eigenvalue weighted by Gasteiger charge is 2.69. The van der Waals surface area contributed by atoms with Gasteiger partial charge in [0.1, 0.15) is 11.4 Å². The molecule has 6 atom stereocenters. The van der Waals surface area contributed by atoms with Gasteiger partial charge in [-0.05, 0) is 36.7 Å². The number of amides is 1. The number of carbonyl (C=O) groups excluding carboxylic acids is 1. The normalized spacial score (nSPS) is 42.1. The number of benzene rings is 1. The quantitative estimate of drug-likeness (QED) is 0.550. The first-order valence-electron chi connectivity index (χ1n) is 10.8. The number of rotatable bonds is 0. The Balaban J connectivity index is 1.75. The molecule has 0 aromatic heterocycles. The molecule has 4 N–H and O–H groups in total. The molecule has 2 fully saturated rings. The van der Waals surface area contributed by atoms with Crippen molar-refractivity contribution in [3.63, 3.8) is 0 Å². The summed E-state index contributed by atoms with van der Waals surface area (Å²) in [5.41, 5.74) is 8.52. The van der Waals surface area contributed by atoms with Crippen LogP contribution in [0.5, 0.6) is 5.75 Å². The summed E-state index contributed by atoms with van der Waals surface area (Å²) in [7, 11) is 0. The fraction of sp³-hybridized carbons (Fsp3) is 0.696. The van der Waals surface area contributed by atoms with Crippen molar-refractivity contribution in [3.05, 3.63) is 27.2 Å². The van der Waals surface area contributed by atoms with Gasteiger partial charge in [0.25, 0.3) is 5.91 Å². The predicted octanol–water partition coefficient (Wildman–Crippen LogP) is 3.54. The van der Waals surface area contributed by atoms with E-state index in [0.717, 1.165) is 35.0 Å². The molecule has 0 saturated heterocycles. The van der Waals surface area contributed by atoms with E-state index in [9.17, 15) is 9.90 Å². The van der Waals surface area contributed by atoms with Crippen LogP contribution in [-0.4, -0.2) is 28.8 Å². The molecule has 2 aliphatic carbocycles. The Kier molecular flexibility index (Phi) is 4.09. The minimum Gasteiger partial charge on any atom is -0.486 e. The summed E-state index contributed by atoms with van der Waals surface area (Å²) in [5.74, 6) is 1.51. The van der Waals surface area contributed by atoms with E-state index in [1.54, 1.807) is 0 Å². The molecule has 158 valence electrons. The summed E-state index contributed by atoms with van der Waals surface area (Å²) in [6, 6.07) is 1.62. The van der Waals surface area contributed by atoms with Crippen molar-refractivity contribution in [2.75, 3.05) is 0 Å². The maximum absolute atomic E-state index is 12.3. The van der Waals surface area contributed by atoms with Crippen LogP contribution in [0.15, 0.2) is 10.5 Å². The van der Waals surface area contributed by atoms with Crippen molar-refractivity contribution in [3.8, 4) is 5.75 Å². The van der Waals surface area contributed by atoms with Crippen molar-refractivity contribution in [2.45, 2.75) is 77.7 Å². The minimum atomic E-state index is -0.544. The van der Waals surface area contributed by atoms with Crippen LogP contribution < -0.4 is 15.8 Å². The molecule has 5 nitrogen and oxygen atoms in total. The first-order valence-corrected chi connectivity index (χ1v) is 11.6. The molecule has 4 aliphatic rings. The number of nitrogens with two attached hydrogens (primary N) is 1. The zero-order valence-corrected chi connectivity index (χ0v) is 19.2. The molecule has 0 radical (unpaired) electrons. The van der Waals surface area contributed by atoms with Gasteiger partial charge in [0.05, 0.1) is 6.10 Å². The molecule has 2 heterocycles.